The van der Waals surface area contributed by atoms with Gasteiger partial charge in [-0.15, -0.1) is 11.3 Å². The number of hydrogen-bond donors (Lipinski definition) is 2. The molecule has 1 aliphatic rings. The normalized spacial score (nSPS) is 15.1. The van der Waals surface area contributed by atoms with Gasteiger partial charge in [0.2, 0.25) is 9.84 Å². The van der Waals surface area contributed by atoms with Gasteiger partial charge in [0.1, 0.15) is 4.21 Å². The van der Waals surface area contributed by atoms with Crippen molar-refractivity contribution < 1.29 is 23.4 Å². The van der Waals surface area contributed by atoms with Crippen LogP contribution in [0.5, 0.6) is 0 Å². The molecule has 0 bridgehead atoms. The Labute approximate surface area is 290 Å². The average Bonchev–Trinajstić information content (AvgIpc) is 3.68. The van der Waals surface area contributed by atoms with Crippen molar-refractivity contribution in [2.75, 3.05) is 5.75 Å². The minimum absolute atomic E-state index is 0.122. The zero-order chi connectivity index (χ0) is 33.9. The molecule has 3 aromatic carbocycles. The van der Waals surface area contributed by atoms with Gasteiger partial charge in [-0.2, -0.15) is 11.8 Å². The number of carbonyl (C=O) groups is 1. The molecule has 9 heteroatoms. The second-order valence-electron chi connectivity index (χ2n) is 13.1. The predicted molar refractivity (Wildman–Crippen MR) is 196 cm³/mol. The molecular formula is C39H39NO5S3. The van der Waals surface area contributed by atoms with Crippen molar-refractivity contribution in [3.63, 3.8) is 0 Å². The standard InChI is InChI=1S/C39H39NO5S3/c1-38(2,43)32-14-7-6-10-28(32)16-19-34(46-26-39(21-22-39)25-36(41)42)29-11-8-9-27(23-29)15-17-30-18-20-35-33(40-30)24-37(47-35)48(44,45)31-12-4-3-5-13-31/h3-15,17-18,20,23-24,34,43H,16,19,21-22,25-26H2,1-2H3,(H,41,42)/t34-/m1/s1. The molecular weight excluding hydrogens is 659 g/mol. The first-order chi connectivity index (χ1) is 22.9. The summed E-state index contributed by atoms with van der Waals surface area (Å²) in [5, 5.41) is 20.4. The molecule has 0 amide bonds. The van der Waals surface area contributed by atoms with Gasteiger partial charge >= 0.3 is 5.97 Å². The van der Waals surface area contributed by atoms with Gasteiger partial charge in [-0.05, 0) is 104 Å². The molecule has 1 saturated carbocycles. The second kappa shape index (κ2) is 14.0. The number of hydrogen-bond acceptors (Lipinski definition) is 7. The number of carboxylic acid groups (broad SMARTS) is 1. The minimum Gasteiger partial charge on any atom is -0.481 e. The Kier molecular flexibility index (Phi) is 9.95. The number of sulfone groups is 1. The van der Waals surface area contributed by atoms with Crippen molar-refractivity contribution >= 4 is 61.3 Å². The fourth-order valence-electron chi connectivity index (χ4n) is 6.02. The summed E-state index contributed by atoms with van der Waals surface area (Å²) < 4.78 is 27.4. The fourth-order valence-corrected chi connectivity index (χ4v) is 10.3. The third-order valence-electron chi connectivity index (χ3n) is 8.85. The number of thioether (sulfide) groups is 1. The largest absolute Gasteiger partial charge is 0.481 e. The second-order valence-corrected chi connectivity index (χ2v) is 17.6. The van der Waals surface area contributed by atoms with E-state index in [1.807, 2.05) is 80.2 Å². The Morgan fingerprint density at radius 1 is 0.979 bits per heavy atom. The highest BCUT2D eigenvalue weighted by atomic mass is 32.2. The maximum Gasteiger partial charge on any atom is 0.303 e. The Hall–Kier alpha value is -3.76. The van der Waals surface area contributed by atoms with Crippen LogP contribution in [-0.2, 0) is 26.7 Å². The number of aliphatic hydroxyl groups is 1. The lowest BCUT2D eigenvalue weighted by Crippen LogP contribution is -2.18. The summed E-state index contributed by atoms with van der Waals surface area (Å²) >= 11 is 3.06. The van der Waals surface area contributed by atoms with Crippen molar-refractivity contribution in [1.29, 1.82) is 0 Å². The van der Waals surface area contributed by atoms with E-state index in [9.17, 15) is 23.4 Å². The Balaban J connectivity index is 1.22. The van der Waals surface area contributed by atoms with E-state index in [1.54, 1.807) is 36.4 Å². The number of aliphatic carboxylic acids is 1. The molecule has 2 aromatic heterocycles. The number of pyridine rings is 1. The van der Waals surface area contributed by atoms with Crippen molar-refractivity contribution in [3.8, 4) is 0 Å². The lowest BCUT2D eigenvalue weighted by atomic mass is 9.90. The summed E-state index contributed by atoms with van der Waals surface area (Å²) in [6.45, 7) is 3.63. The van der Waals surface area contributed by atoms with Gasteiger partial charge in [-0.25, -0.2) is 13.4 Å². The van der Waals surface area contributed by atoms with E-state index in [4.69, 9.17) is 4.98 Å². The Bertz CT molecular complexity index is 2060. The highest BCUT2D eigenvalue weighted by Gasteiger charge is 2.44. The first kappa shape index (κ1) is 34.1. The van der Waals surface area contributed by atoms with E-state index < -0.39 is 21.4 Å². The molecule has 48 heavy (non-hydrogen) atoms. The molecule has 0 radical (unpaired) electrons. The zero-order valence-corrected chi connectivity index (χ0v) is 29.5. The molecule has 1 fully saturated rings. The number of nitrogens with zero attached hydrogens (tertiary/aromatic N) is 1. The van der Waals surface area contributed by atoms with Crippen LogP contribution in [0.3, 0.4) is 0 Å². The molecule has 2 N–H and O–H groups in total. The summed E-state index contributed by atoms with van der Waals surface area (Å²) in [7, 11) is -3.61. The van der Waals surface area contributed by atoms with Crippen molar-refractivity contribution in [2.24, 2.45) is 5.41 Å². The van der Waals surface area contributed by atoms with Crippen LogP contribution in [0.15, 0.2) is 106 Å². The zero-order valence-electron chi connectivity index (χ0n) is 27.0. The van der Waals surface area contributed by atoms with E-state index in [0.717, 1.165) is 58.5 Å². The van der Waals surface area contributed by atoms with E-state index in [1.165, 1.54) is 16.9 Å². The lowest BCUT2D eigenvalue weighted by molar-refractivity contribution is -0.138. The van der Waals surface area contributed by atoms with Crippen molar-refractivity contribution in [3.05, 3.63) is 125 Å². The van der Waals surface area contributed by atoms with Crippen LogP contribution in [0.25, 0.3) is 22.4 Å². The molecule has 0 spiro atoms. The highest BCUT2D eigenvalue weighted by molar-refractivity contribution is 7.99. The van der Waals surface area contributed by atoms with Gasteiger partial charge in [0.15, 0.2) is 0 Å². The maximum absolute atomic E-state index is 13.2. The first-order valence-electron chi connectivity index (χ1n) is 16.0. The lowest BCUT2D eigenvalue weighted by Gasteiger charge is -2.24. The van der Waals surface area contributed by atoms with Gasteiger partial charge < -0.3 is 10.2 Å². The van der Waals surface area contributed by atoms with E-state index in [-0.39, 0.29) is 26.2 Å². The summed E-state index contributed by atoms with van der Waals surface area (Å²) in [4.78, 5) is 16.6. The van der Waals surface area contributed by atoms with Crippen LogP contribution >= 0.6 is 23.1 Å². The molecule has 248 valence electrons. The fraction of sp³-hybridized carbons (Fsp3) is 0.282. The van der Waals surface area contributed by atoms with Crippen LogP contribution in [0.4, 0.5) is 0 Å². The molecule has 1 atom stereocenters. The average molecular weight is 698 g/mol. The summed E-state index contributed by atoms with van der Waals surface area (Å²) in [5.74, 6) is 0.0585. The topological polar surface area (TPSA) is 105 Å². The van der Waals surface area contributed by atoms with Crippen LogP contribution in [0.1, 0.15) is 72.7 Å². The number of aryl methyl sites for hydroxylation is 1. The number of carboxylic acids is 1. The summed E-state index contributed by atoms with van der Waals surface area (Å²) in [6.07, 6.45) is 7.70. The first-order valence-corrected chi connectivity index (χ1v) is 19.4. The molecule has 5 aromatic rings. The minimum atomic E-state index is -3.61. The van der Waals surface area contributed by atoms with Gasteiger partial charge in [-0.1, -0.05) is 72.8 Å². The third-order valence-corrected chi connectivity index (χ3v) is 13.9. The number of benzene rings is 3. The molecule has 6 nitrogen and oxygen atoms in total. The quantitative estimate of drug-likeness (QED) is 0.119. The predicted octanol–water partition coefficient (Wildman–Crippen LogP) is 9.19. The van der Waals surface area contributed by atoms with Gasteiger partial charge in [0.25, 0.3) is 0 Å². The molecule has 0 unspecified atom stereocenters. The number of rotatable bonds is 14. The molecule has 1 aliphatic carbocycles. The van der Waals surface area contributed by atoms with Crippen molar-refractivity contribution in [2.45, 2.75) is 65.9 Å². The molecule has 2 heterocycles. The van der Waals surface area contributed by atoms with Gasteiger partial charge in [-0.3, -0.25) is 4.79 Å². The smallest absolute Gasteiger partial charge is 0.303 e. The van der Waals surface area contributed by atoms with Crippen LogP contribution in [0.2, 0.25) is 0 Å². The SMILES string of the molecule is CC(C)(O)c1ccccc1CC[C@@H](SCC1(CC(=O)O)CC1)c1cccc(C=Cc2ccc3sc(S(=O)(=O)c4ccccc4)cc3n2)c1. The van der Waals surface area contributed by atoms with Gasteiger partial charge in [0.05, 0.1) is 32.8 Å². The third kappa shape index (κ3) is 8.09. The van der Waals surface area contributed by atoms with Crippen LogP contribution in [0, 0.1) is 5.41 Å². The highest BCUT2D eigenvalue weighted by Crippen LogP contribution is 2.53. The number of fused-ring (bicyclic) bond motifs is 1. The van der Waals surface area contributed by atoms with E-state index in [2.05, 4.69) is 18.2 Å². The Morgan fingerprint density at radius 2 is 1.73 bits per heavy atom. The Morgan fingerprint density at radius 3 is 2.46 bits per heavy atom. The van der Waals surface area contributed by atoms with Gasteiger partial charge in [0, 0.05) is 11.0 Å². The molecule has 6 rings (SSSR count). The van der Waals surface area contributed by atoms with E-state index >= 15 is 0 Å². The maximum atomic E-state index is 13.2. The summed E-state index contributed by atoms with van der Waals surface area (Å²) in [6, 6.07) is 30.3. The van der Waals surface area contributed by atoms with Crippen molar-refractivity contribution in [1.82, 2.24) is 4.98 Å². The molecule has 0 saturated heterocycles. The number of thiophene rings is 1. The van der Waals surface area contributed by atoms with E-state index in [0.29, 0.717) is 5.52 Å². The monoisotopic (exact) mass is 697 g/mol. The van der Waals surface area contributed by atoms with Crippen LogP contribution < -0.4 is 0 Å². The molecule has 0 aliphatic heterocycles. The van der Waals surface area contributed by atoms with Crippen LogP contribution in [-0.4, -0.2) is 35.3 Å². The summed E-state index contributed by atoms with van der Waals surface area (Å²) in [5.41, 5.74) is 4.54. The number of aromatic nitrogens is 1.